The molecule has 128 valence electrons. The monoisotopic (exact) mass is 340 g/mol. The molecule has 0 aromatic heterocycles. The summed E-state index contributed by atoms with van der Waals surface area (Å²) < 4.78 is 32.1. The van der Waals surface area contributed by atoms with Gasteiger partial charge in [0.2, 0.25) is 10.0 Å². The molecule has 2 rings (SSSR count). The molecular formula is C16H24N2O4S. The summed E-state index contributed by atoms with van der Waals surface area (Å²) in [7, 11) is -2.37. The van der Waals surface area contributed by atoms with Gasteiger partial charge in [0.1, 0.15) is 0 Å². The van der Waals surface area contributed by atoms with Crippen LogP contribution in [0.2, 0.25) is 0 Å². The first kappa shape index (κ1) is 17.9. The average Bonchev–Trinajstić information content (AvgIpc) is 2.54. The average molecular weight is 340 g/mol. The quantitative estimate of drug-likeness (QED) is 0.840. The number of hydrogen-bond acceptors (Lipinski definition) is 5. The van der Waals surface area contributed by atoms with Gasteiger partial charge in [-0.2, -0.15) is 4.31 Å². The van der Waals surface area contributed by atoms with Crippen molar-refractivity contribution in [2.75, 3.05) is 20.2 Å². The fraction of sp³-hybridized carbons (Fsp3) is 0.562. The summed E-state index contributed by atoms with van der Waals surface area (Å²) in [4.78, 5) is 11.9. The van der Waals surface area contributed by atoms with E-state index in [1.54, 1.807) is 19.1 Å². The van der Waals surface area contributed by atoms with Gasteiger partial charge in [0, 0.05) is 19.1 Å². The van der Waals surface area contributed by atoms with Crippen LogP contribution in [-0.2, 0) is 14.8 Å². The predicted molar refractivity (Wildman–Crippen MR) is 87.7 cm³/mol. The molecule has 2 atom stereocenters. The van der Waals surface area contributed by atoms with Crippen molar-refractivity contribution in [1.82, 2.24) is 4.31 Å². The van der Waals surface area contributed by atoms with Crippen LogP contribution in [0.4, 0.5) is 0 Å². The van der Waals surface area contributed by atoms with Gasteiger partial charge in [-0.15, -0.1) is 0 Å². The smallest absolute Gasteiger partial charge is 0.338 e. The molecule has 0 spiro atoms. The third-order valence-corrected chi connectivity index (χ3v) is 6.48. The van der Waals surface area contributed by atoms with E-state index in [0.717, 1.165) is 12.8 Å². The van der Waals surface area contributed by atoms with Gasteiger partial charge in [-0.25, -0.2) is 13.2 Å². The number of nitrogens with zero attached hydrogens (tertiary/aromatic N) is 1. The SMILES string of the molecule is COC(=O)c1cccc(S(=O)(=O)N2CCCC(C(C)N)C2)c1C. The van der Waals surface area contributed by atoms with Gasteiger partial charge in [0.15, 0.2) is 0 Å². The van der Waals surface area contributed by atoms with Gasteiger partial charge >= 0.3 is 5.97 Å². The molecule has 0 saturated carbocycles. The molecule has 1 aliphatic rings. The number of esters is 1. The Hall–Kier alpha value is -1.44. The molecule has 0 radical (unpaired) electrons. The van der Waals surface area contributed by atoms with E-state index in [4.69, 9.17) is 10.5 Å². The molecule has 1 saturated heterocycles. The van der Waals surface area contributed by atoms with Gasteiger partial charge in [0.05, 0.1) is 17.6 Å². The third kappa shape index (κ3) is 3.57. The zero-order valence-electron chi connectivity index (χ0n) is 13.8. The van der Waals surface area contributed by atoms with E-state index in [1.165, 1.54) is 17.5 Å². The van der Waals surface area contributed by atoms with Crippen LogP contribution < -0.4 is 5.73 Å². The van der Waals surface area contributed by atoms with E-state index in [-0.39, 0.29) is 22.4 Å². The minimum atomic E-state index is -3.65. The Morgan fingerprint density at radius 1 is 1.43 bits per heavy atom. The Bertz CT molecular complexity index is 685. The first-order chi connectivity index (χ1) is 10.8. The maximum atomic E-state index is 13.0. The van der Waals surface area contributed by atoms with E-state index < -0.39 is 16.0 Å². The van der Waals surface area contributed by atoms with Gasteiger partial charge in [-0.3, -0.25) is 0 Å². The highest BCUT2D eigenvalue weighted by Crippen LogP contribution is 2.28. The van der Waals surface area contributed by atoms with Crippen LogP contribution in [0.3, 0.4) is 0 Å². The lowest BCUT2D eigenvalue weighted by Crippen LogP contribution is -2.45. The molecule has 1 heterocycles. The molecule has 1 fully saturated rings. The Morgan fingerprint density at radius 3 is 2.74 bits per heavy atom. The molecule has 23 heavy (non-hydrogen) atoms. The molecule has 1 aromatic rings. The molecule has 1 aliphatic heterocycles. The summed E-state index contributed by atoms with van der Waals surface area (Å²) in [5.41, 5.74) is 6.63. The maximum Gasteiger partial charge on any atom is 0.338 e. The Morgan fingerprint density at radius 2 is 2.13 bits per heavy atom. The van der Waals surface area contributed by atoms with Crippen molar-refractivity contribution in [2.45, 2.75) is 37.6 Å². The van der Waals surface area contributed by atoms with Crippen LogP contribution in [0.15, 0.2) is 23.1 Å². The van der Waals surface area contributed by atoms with E-state index in [2.05, 4.69) is 0 Å². The van der Waals surface area contributed by atoms with Crippen molar-refractivity contribution in [1.29, 1.82) is 0 Å². The minimum absolute atomic E-state index is 0.0458. The van der Waals surface area contributed by atoms with Crippen molar-refractivity contribution in [3.8, 4) is 0 Å². The van der Waals surface area contributed by atoms with Gasteiger partial charge in [0.25, 0.3) is 0 Å². The fourth-order valence-corrected chi connectivity index (χ4v) is 4.77. The normalized spacial score (nSPS) is 21.0. The van der Waals surface area contributed by atoms with Crippen LogP contribution in [-0.4, -0.2) is 44.9 Å². The molecule has 0 bridgehead atoms. The highest BCUT2D eigenvalue weighted by Gasteiger charge is 2.33. The molecule has 6 nitrogen and oxygen atoms in total. The predicted octanol–water partition coefficient (Wildman–Crippen LogP) is 1.53. The molecular weight excluding hydrogens is 316 g/mol. The molecule has 0 amide bonds. The highest BCUT2D eigenvalue weighted by atomic mass is 32.2. The number of hydrogen-bond donors (Lipinski definition) is 1. The summed E-state index contributed by atoms with van der Waals surface area (Å²) in [6, 6.07) is 4.63. The molecule has 2 N–H and O–H groups in total. The number of piperidine rings is 1. The molecule has 1 aromatic carbocycles. The Labute approximate surface area is 137 Å². The minimum Gasteiger partial charge on any atom is -0.465 e. The van der Waals surface area contributed by atoms with Crippen LogP contribution in [0, 0.1) is 12.8 Å². The standard InChI is InChI=1S/C16H24N2O4S/c1-11-14(16(19)22-3)7-4-8-15(11)23(20,21)18-9-5-6-13(10-18)12(2)17/h4,7-8,12-13H,5-6,9-10,17H2,1-3H3. The topological polar surface area (TPSA) is 89.7 Å². The lowest BCUT2D eigenvalue weighted by Gasteiger charge is -2.34. The zero-order chi connectivity index (χ0) is 17.2. The van der Waals surface area contributed by atoms with Crippen molar-refractivity contribution in [3.63, 3.8) is 0 Å². The van der Waals surface area contributed by atoms with E-state index in [9.17, 15) is 13.2 Å². The number of nitrogens with two attached hydrogens (primary N) is 1. The van der Waals surface area contributed by atoms with Crippen LogP contribution in [0.5, 0.6) is 0 Å². The lowest BCUT2D eigenvalue weighted by atomic mass is 9.93. The highest BCUT2D eigenvalue weighted by molar-refractivity contribution is 7.89. The van der Waals surface area contributed by atoms with E-state index >= 15 is 0 Å². The number of methoxy groups -OCH3 is 1. The summed E-state index contributed by atoms with van der Waals surface area (Å²) in [6.45, 7) is 4.44. The number of benzene rings is 1. The number of ether oxygens (including phenoxy) is 1. The van der Waals surface area contributed by atoms with Crippen molar-refractivity contribution in [3.05, 3.63) is 29.3 Å². The summed E-state index contributed by atoms with van der Waals surface area (Å²) in [6.07, 6.45) is 1.73. The van der Waals surface area contributed by atoms with Crippen LogP contribution >= 0.6 is 0 Å². The van der Waals surface area contributed by atoms with Gasteiger partial charge in [-0.05, 0) is 50.3 Å². The summed E-state index contributed by atoms with van der Waals surface area (Å²) in [5.74, 6) is -0.380. The Kier molecular flexibility index (Phi) is 5.44. The number of carbonyl (C=O) groups excluding carboxylic acids is 1. The van der Waals surface area contributed by atoms with Crippen LogP contribution in [0.1, 0.15) is 35.7 Å². The largest absolute Gasteiger partial charge is 0.465 e. The van der Waals surface area contributed by atoms with E-state index in [0.29, 0.717) is 18.7 Å². The summed E-state index contributed by atoms with van der Waals surface area (Å²) in [5, 5.41) is 0. The van der Waals surface area contributed by atoms with Crippen molar-refractivity contribution >= 4 is 16.0 Å². The second-order valence-electron chi connectivity index (χ2n) is 6.04. The Balaban J connectivity index is 2.38. The fourth-order valence-electron chi connectivity index (χ4n) is 2.99. The lowest BCUT2D eigenvalue weighted by molar-refractivity contribution is 0.0599. The number of sulfonamides is 1. The van der Waals surface area contributed by atoms with E-state index in [1.807, 2.05) is 6.92 Å². The number of rotatable bonds is 4. The molecule has 0 aliphatic carbocycles. The van der Waals surface area contributed by atoms with Crippen molar-refractivity contribution in [2.24, 2.45) is 11.7 Å². The molecule has 7 heteroatoms. The van der Waals surface area contributed by atoms with Gasteiger partial charge in [-0.1, -0.05) is 6.07 Å². The third-order valence-electron chi connectivity index (χ3n) is 4.47. The number of carbonyl (C=O) groups is 1. The first-order valence-electron chi connectivity index (χ1n) is 7.72. The van der Waals surface area contributed by atoms with Crippen molar-refractivity contribution < 1.29 is 17.9 Å². The first-order valence-corrected chi connectivity index (χ1v) is 9.16. The van der Waals surface area contributed by atoms with Crippen LogP contribution in [0.25, 0.3) is 0 Å². The summed E-state index contributed by atoms with van der Waals surface area (Å²) >= 11 is 0. The second kappa shape index (κ2) is 6.98. The van der Waals surface area contributed by atoms with Gasteiger partial charge < -0.3 is 10.5 Å². The maximum absolute atomic E-state index is 13.0. The zero-order valence-corrected chi connectivity index (χ0v) is 14.6. The second-order valence-corrected chi connectivity index (χ2v) is 7.95. The molecule has 2 unspecified atom stereocenters.